The maximum absolute atomic E-state index is 12.6. The van der Waals surface area contributed by atoms with E-state index in [1.807, 2.05) is 61.5 Å². The number of carbonyl (C=O) groups is 1. The Hall–Kier alpha value is -2.73. The van der Waals surface area contributed by atoms with Crippen LogP contribution in [0.3, 0.4) is 0 Å². The molecule has 1 fully saturated rings. The molecule has 1 saturated heterocycles. The predicted octanol–water partition coefficient (Wildman–Crippen LogP) is 4.33. The van der Waals surface area contributed by atoms with E-state index in [1.54, 1.807) is 19.1 Å². The third-order valence-corrected chi connectivity index (χ3v) is 4.85. The first kappa shape index (κ1) is 18.1. The minimum atomic E-state index is -0.0880. The Kier molecular flexibility index (Phi) is 5.63. The van der Waals surface area contributed by atoms with E-state index in [0.29, 0.717) is 28.2 Å². The van der Waals surface area contributed by atoms with Crippen molar-refractivity contribution in [1.29, 1.82) is 0 Å². The number of aliphatic imine (C=N–C) groups is 1. The van der Waals surface area contributed by atoms with Crippen molar-refractivity contribution in [1.82, 2.24) is 4.90 Å². The molecule has 1 aliphatic heterocycles. The highest BCUT2D eigenvalue weighted by Crippen LogP contribution is 2.37. The average molecular weight is 368 g/mol. The summed E-state index contributed by atoms with van der Waals surface area (Å²) < 4.78 is 11.1. The van der Waals surface area contributed by atoms with Crippen molar-refractivity contribution in [2.24, 2.45) is 4.99 Å². The molecule has 6 heteroatoms. The molecule has 0 bridgehead atoms. The van der Waals surface area contributed by atoms with E-state index in [1.165, 1.54) is 11.8 Å². The Morgan fingerprint density at radius 1 is 1.15 bits per heavy atom. The van der Waals surface area contributed by atoms with Crippen molar-refractivity contribution < 1.29 is 14.3 Å². The summed E-state index contributed by atoms with van der Waals surface area (Å²) in [5.41, 5.74) is 1.61. The molecule has 0 unspecified atom stereocenters. The quantitative estimate of drug-likeness (QED) is 0.737. The molecule has 0 saturated carbocycles. The third-order valence-electron chi connectivity index (χ3n) is 3.79. The molecule has 0 spiro atoms. The molecule has 1 amide bonds. The molecular weight excluding hydrogens is 348 g/mol. The second-order valence-corrected chi connectivity index (χ2v) is 6.53. The standard InChI is InChI=1S/C20H20N2O3S/c1-4-25-18-14(9-8-12-16(18)24-3)13-17-19(23)22(2)20(26-17)21-15-10-6-5-7-11-15/h5-13H,4H2,1-3H3/b17-13+,21-20?. The van der Waals surface area contributed by atoms with Crippen LogP contribution >= 0.6 is 11.8 Å². The third kappa shape index (κ3) is 3.75. The number of methoxy groups -OCH3 is 1. The van der Waals surface area contributed by atoms with Crippen LogP contribution in [0.5, 0.6) is 11.5 Å². The minimum absolute atomic E-state index is 0.0880. The Labute approximate surface area is 157 Å². The van der Waals surface area contributed by atoms with Gasteiger partial charge in [-0.15, -0.1) is 0 Å². The first-order valence-electron chi connectivity index (χ1n) is 8.25. The van der Waals surface area contributed by atoms with E-state index < -0.39 is 0 Å². The van der Waals surface area contributed by atoms with Gasteiger partial charge < -0.3 is 9.47 Å². The highest BCUT2D eigenvalue weighted by molar-refractivity contribution is 8.18. The van der Waals surface area contributed by atoms with Crippen LogP contribution in [0.25, 0.3) is 6.08 Å². The van der Waals surface area contributed by atoms with Gasteiger partial charge in [0.2, 0.25) is 0 Å². The van der Waals surface area contributed by atoms with Gasteiger partial charge in [-0.2, -0.15) is 0 Å². The Bertz CT molecular complexity index is 863. The lowest BCUT2D eigenvalue weighted by Crippen LogP contribution is -2.23. The van der Waals surface area contributed by atoms with Gasteiger partial charge in [-0.1, -0.05) is 30.3 Å². The van der Waals surface area contributed by atoms with E-state index in [4.69, 9.17) is 9.47 Å². The van der Waals surface area contributed by atoms with Crippen molar-refractivity contribution in [3.63, 3.8) is 0 Å². The van der Waals surface area contributed by atoms with Crippen molar-refractivity contribution in [3.05, 3.63) is 59.0 Å². The number of thioether (sulfide) groups is 1. The van der Waals surface area contributed by atoms with Crippen LogP contribution in [-0.2, 0) is 4.79 Å². The first-order chi connectivity index (χ1) is 12.6. The van der Waals surface area contributed by atoms with Gasteiger partial charge >= 0.3 is 0 Å². The fourth-order valence-corrected chi connectivity index (χ4v) is 3.49. The number of carbonyl (C=O) groups excluding carboxylic acids is 1. The van der Waals surface area contributed by atoms with Crippen LogP contribution in [0.2, 0.25) is 0 Å². The fraction of sp³-hybridized carbons (Fsp3) is 0.200. The minimum Gasteiger partial charge on any atom is -0.493 e. The normalized spacial score (nSPS) is 17.2. The van der Waals surface area contributed by atoms with Gasteiger partial charge in [0.05, 0.1) is 24.3 Å². The van der Waals surface area contributed by atoms with E-state index in [9.17, 15) is 4.79 Å². The number of hydrogen-bond donors (Lipinski definition) is 0. The lowest BCUT2D eigenvalue weighted by Gasteiger charge is -2.12. The lowest BCUT2D eigenvalue weighted by molar-refractivity contribution is -0.121. The van der Waals surface area contributed by atoms with Crippen LogP contribution in [0.15, 0.2) is 58.4 Å². The molecule has 1 aliphatic rings. The Morgan fingerprint density at radius 2 is 1.92 bits per heavy atom. The van der Waals surface area contributed by atoms with Gasteiger partial charge in [0.25, 0.3) is 5.91 Å². The number of amidine groups is 1. The van der Waals surface area contributed by atoms with Crippen LogP contribution in [-0.4, -0.2) is 36.7 Å². The summed E-state index contributed by atoms with van der Waals surface area (Å²) in [6, 6.07) is 15.2. The summed E-state index contributed by atoms with van der Waals surface area (Å²) in [7, 11) is 3.33. The topological polar surface area (TPSA) is 51.1 Å². The molecule has 134 valence electrons. The largest absolute Gasteiger partial charge is 0.493 e. The number of ether oxygens (including phenoxy) is 2. The Balaban J connectivity index is 1.95. The van der Waals surface area contributed by atoms with Gasteiger partial charge in [-0.05, 0) is 43.0 Å². The number of rotatable bonds is 5. The van der Waals surface area contributed by atoms with Gasteiger partial charge in [0, 0.05) is 12.6 Å². The van der Waals surface area contributed by atoms with E-state index in [2.05, 4.69) is 4.99 Å². The van der Waals surface area contributed by atoms with Crippen molar-refractivity contribution in [3.8, 4) is 11.5 Å². The zero-order chi connectivity index (χ0) is 18.5. The summed E-state index contributed by atoms with van der Waals surface area (Å²) in [5, 5.41) is 0.647. The number of amides is 1. The van der Waals surface area contributed by atoms with Crippen LogP contribution in [0, 0.1) is 0 Å². The second kappa shape index (κ2) is 8.10. The highest BCUT2D eigenvalue weighted by Gasteiger charge is 2.30. The lowest BCUT2D eigenvalue weighted by atomic mass is 10.1. The van der Waals surface area contributed by atoms with E-state index in [-0.39, 0.29) is 5.91 Å². The Morgan fingerprint density at radius 3 is 2.62 bits per heavy atom. The number of hydrogen-bond acceptors (Lipinski definition) is 5. The van der Waals surface area contributed by atoms with Gasteiger partial charge in [0.1, 0.15) is 0 Å². The molecule has 5 nitrogen and oxygen atoms in total. The molecule has 2 aromatic carbocycles. The molecule has 26 heavy (non-hydrogen) atoms. The zero-order valence-corrected chi connectivity index (χ0v) is 15.7. The number of nitrogens with zero attached hydrogens (tertiary/aromatic N) is 2. The molecular formula is C20H20N2O3S. The van der Waals surface area contributed by atoms with Crippen LogP contribution in [0.1, 0.15) is 12.5 Å². The summed E-state index contributed by atoms with van der Waals surface area (Å²) in [5.74, 6) is 1.19. The second-order valence-electron chi connectivity index (χ2n) is 5.52. The maximum Gasteiger partial charge on any atom is 0.266 e. The van der Waals surface area contributed by atoms with E-state index >= 15 is 0 Å². The highest BCUT2D eigenvalue weighted by atomic mass is 32.2. The monoisotopic (exact) mass is 368 g/mol. The van der Waals surface area contributed by atoms with Gasteiger partial charge in [-0.3, -0.25) is 9.69 Å². The molecule has 0 atom stereocenters. The van der Waals surface area contributed by atoms with Crippen molar-refractivity contribution in [2.75, 3.05) is 20.8 Å². The molecule has 0 aromatic heterocycles. The van der Waals surface area contributed by atoms with E-state index in [0.717, 1.165) is 11.3 Å². The molecule has 0 radical (unpaired) electrons. The predicted molar refractivity (Wildman–Crippen MR) is 106 cm³/mol. The number of likely N-dealkylation sites (N-methyl/N-ethyl adjacent to an activating group) is 1. The smallest absolute Gasteiger partial charge is 0.266 e. The molecule has 1 heterocycles. The van der Waals surface area contributed by atoms with Crippen molar-refractivity contribution >= 4 is 34.6 Å². The van der Waals surface area contributed by atoms with Crippen molar-refractivity contribution in [2.45, 2.75) is 6.92 Å². The average Bonchev–Trinajstić information content (AvgIpc) is 2.92. The first-order valence-corrected chi connectivity index (χ1v) is 9.06. The zero-order valence-electron chi connectivity index (χ0n) is 14.9. The van der Waals surface area contributed by atoms with Crippen LogP contribution in [0.4, 0.5) is 5.69 Å². The molecule has 3 rings (SSSR count). The summed E-state index contributed by atoms with van der Waals surface area (Å²) in [6.07, 6.45) is 1.82. The van der Waals surface area contributed by atoms with Crippen LogP contribution < -0.4 is 9.47 Å². The maximum atomic E-state index is 12.6. The summed E-state index contributed by atoms with van der Waals surface area (Å²) in [6.45, 7) is 2.43. The van der Waals surface area contributed by atoms with Gasteiger partial charge in [0.15, 0.2) is 16.7 Å². The van der Waals surface area contributed by atoms with Gasteiger partial charge in [-0.25, -0.2) is 4.99 Å². The fourth-order valence-electron chi connectivity index (χ4n) is 2.51. The SMILES string of the molecule is CCOc1c(/C=C2/SC(=Nc3ccccc3)N(C)C2=O)cccc1OC. The molecule has 0 N–H and O–H groups in total. The number of benzene rings is 2. The molecule has 2 aromatic rings. The summed E-state index contributed by atoms with van der Waals surface area (Å²) in [4.78, 5) is 19.3. The molecule has 0 aliphatic carbocycles. The summed E-state index contributed by atoms with van der Waals surface area (Å²) >= 11 is 1.35. The number of para-hydroxylation sites is 2.